The second-order valence-corrected chi connectivity index (χ2v) is 8.74. The molecule has 33 heavy (non-hydrogen) atoms. The van der Waals surface area contributed by atoms with E-state index in [1.807, 2.05) is 0 Å². The van der Waals surface area contributed by atoms with E-state index in [2.05, 4.69) is 25.6 Å². The van der Waals surface area contributed by atoms with Crippen LogP contribution in [0.2, 0.25) is 5.02 Å². The second-order valence-electron chi connectivity index (χ2n) is 8.33. The van der Waals surface area contributed by atoms with Gasteiger partial charge < -0.3 is 25.4 Å². The number of hydrogen-bond donors (Lipinski definition) is 3. The first-order valence-electron chi connectivity index (χ1n) is 11.1. The fourth-order valence-corrected chi connectivity index (χ4v) is 4.28. The van der Waals surface area contributed by atoms with E-state index in [-0.39, 0.29) is 12.5 Å². The standard InChI is InChI=1S/C22H27ClN6O4/c23-17-10-26-19(28-21(30)15-2-1-5-29(13-15)22(31)32)8-16(17)18-11-24-12-20(27-18)25-9-14-3-6-33-7-4-14/h8,10-12,14-15H,1-7,9,13H2,(H,25,27)(H,31,32)(H,26,28,30). The first-order valence-corrected chi connectivity index (χ1v) is 11.5. The van der Waals surface area contributed by atoms with Crippen LogP contribution in [0.3, 0.4) is 0 Å². The zero-order valence-electron chi connectivity index (χ0n) is 18.2. The molecule has 2 aromatic heterocycles. The largest absolute Gasteiger partial charge is 0.465 e. The van der Waals surface area contributed by atoms with Crippen LogP contribution in [0.1, 0.15) is 25.7 Å². The third-order valence-electron chi connectivity index (χ3n) is 5.99. The lowest BCUT2D eigenvalue weighted by Gasteiger charge is -2.29. The van der Waals surface area contributed by atoms with Gasteiger partial charge in [0.25, 0.3) is 0 Å². The zero-order chi connectivity index (χ0) is 23.2. The predicted octanol–water partition coefficient (Wildman–Crippen LogP) is 3.36. The monoisotopic (exact) mass is 474 g/mol. The molecule has 10 nitrogen and oxygen atoms in total. The molecule has 0 spiro atoms. The molecule has 176 valence electrons. The van der Waals surface area contributed by atoms with Crippen molar-refractivity contribution in [3.8, 4) is 11.3 Å². The number of hydrogen-bond acceptors (Lipinski definition) is 7. The van der Waals surface area contributed by atoms with E-state index >= 15 is 0 Å². The van der Waals surface area contributed by atoms with Gasteiger partial charge in [0.15, 0.2) is 0 Å². The van der Waals surface area contributed by atoms with Crippen LogP contribution < -0.4 is 10.6 Å². The lowest BCUT2D eigenvalue weighted by molar-refractivity contribution is -0.121. The van der Waals surface area contributed by atoms with Crippen molar-refractivity contribution in [2.75, 3.05) is 43.5 Å². The topological polar surface area (TPSA) is 130 Å². The average Bonchev–Trinajstić information content (AvgIpc) is 2.85. The van der Waals surface area contributed by atoms with Crippen LogP contribution >= 0.6 is 11.6 Å². The maximum atomic E-state index is 12.7. The van der Waals surface area contributed by atoms with Crippen LogP contribution in [-0.4, -0.2) is 69.8 Å². The minimum absolute atomic E-state index is 0.175. The third-order valence-corrected chi connectivity index (χ3v) is 6.29. The average molecular weight is 475 g/mol. The molecule has 2 aliphatic rings. The van der Waals surface area contributed by atoms with Gasteiger partial charge in [-0.25, -0.2) is 14.8 Å². The number of carboxylic acid groups (broad SMARTS) is 1. The molecule has 2 aliphatic heterocycles. The van der Waals surface area contributed by atoms with E-state index in [1.54, 1.807) is 18.5 Å². The first-order chi connectivity index (χ1) is 16.0. The number of amides is 2. The van der Waals surface area contributed by atoms with Crippen LogP contribution in [-0.2, 0) is 9.53 Å². The van der Waals surface area contributed by atoms with E-state index in [9.17, 15) is 14.7 Å². The number of nitrogens with one attached hydrogen (secondary N) is 2. The molecule has 0 aliphatic carbocycles. The number of nitrogens with zero attached hydrogens (tertiary/aromatic N) is 4. The van der Waals surface area contributed by atoms with Crippen molar-refractivity contribution in [3.05, 3.63) is 29.7 Å². The van der Waals surface area contributed by atoms with Crippen molar-refractivity contribution >= 4 is 35.2 Å². The Hall–Kier alpha value is -2.98. The summed E-state index contributed by atoms with van der Waals surface area (Å²) in [4.78, 5) is 38.3. The number of pyridine rings is 1. The first kappa shape index (κ1) is 23.2. The van der Waals surface area contributed by atoms with Crippen LogP contribution in [0, 0.1) is 11.8 Å². The fraction of sp³-hybridized carbons (Fsp3) is 0.500. The zero-order valence-corrected chi connectivity index (χ0v) is 18.9. The Morgan fingerprint density at radius 1 is 1.18 bits per heavy atom. The molecule has 2 amide bonds. The summed E-state index contributed by atoms with van der Waals surface area (Å²) in [5.41, 5.74) is 1.16. The summed E-state index contributed by atoms with van der Waals surface area (Å²) in [7, 11) is 0. The molecule has 2 aromatic rings. The van der Waals surface area contributed by atoms with Crippen molar-refractivity contribution in [2.24, 2.45) is 11.8 Å². The third kappa shape index (κ3) is 6.08. The van der Waals surface area contributed by atoms with Gasteiger partial charge in [-0.2, -0.15) is 0 Å². The molecule has 0 bridgehead atoms. The summed E-state index contributed by atoms with van der Waals surface area (Å²) < 4.78 is 5.40. The number of piperidine rings is 1. The molecule has 3 N–H and O–H groups in total. The minimum Gasteiger partial charge on any atom is -0.465 e. The van der Waals surface area contributed by atoms with Crippen molar-refractivity contribution in [1.29, 1.82) is 0 Å². The van der Waals surface area contributed by atoms with Gasteiger partial charge in [-0.1, -0.05) is 11.6 Å². The molecular weight excluding hydrogens is 448 g/mol. The number of aromatic nitrogens is 3. The SMILES string of the molecule is O=C(Nc1cc(-c2cncc(NCC3CCOCC3)n2)c(Cl)cn1)C1CCCN(C(=O)O)C1. The number of ether oxygens (including phenoxy) is 1. The number of carbonyl (C=O) groups excluding carboxylic acids is 1. The van der Waals surface area contributed by atoms with Gasteiger partial charge in [-0.05, 0) is 37.7 Å². The predicted molar refractivity (Wildman–Crippen MR) is 123 cm³/mol. The highest BCUT2D eigenvalue weighted by molar-refractivity contribution is 6.33. The minimum atomic E-state index is -1.01. The normalized spacial score (nSPS) is 19.2. The van der Waals surface area contributed by atoms with Crippen LogP contribution in [0.5, 0.6) is 0 Å². The highest BCUT2D eigenvalue weighted by atomic mass is 35.5. The second kappa shape index (κ2) is 10.8. The van der Waals surface area contributed by atoms with Gasteiger partial charge in [0.1, 0.15) is 11.6 Å². The van der Waals surface area contributed by atoms with Crippen LogP contribution in [0.4, 0.5) is 16.4 Å². The molecule has 11 heteroatoms. The van der Waals surface area contributed by atoms with E-state index < -0.39 is 12.0 Å². The van der Waals surface area contributed by atoms with Crippen LogP contribution in [0.15, 0.2) is 24.7 Å². The maximum Gasteiger partial charge on any atom is 0.407 e. The number of carbonyl (C=O) groups is 2. The van der Waals surface area contributed by atoms with Gasteiger partial charge in [0, 0.05) is 44.6 Å². The lowest BCUT2D eigenvalue weighted by Crippen LogP contribution is -2.43. The van der Waals surface area contributed by atoms with Crippen molar-refractivity contribution in [1.82, 2.24) is 19.9 Å². The van der Waals surface area contributed by atoms with Gasteiger partial charge in [-0.3, -0.25) is 9.78 Å². The molecule has 2 saturated heterocycles. The van der Waals surface area contributed by atoms with Crippen molar-refractivity contribution in [2.45, 2.75) is 25.7 Å². The van der Waals surface area contributed by atoms with Gasteiger partial charge in [0.05, 0.1) is 29.0 Å². The fourth-order valence-electron chi connectivity index (χ4n) is 4.08. The number of halogens is 1. The Morgan fingerprint density at radius 3 is 2.79 bits per heavy atom. The summed E-state index contributed by atoms with van der Waals surface area (Å²) in [6.45, 7) is 2.98. The molecule has 1 unspecified atom stereocenters. The summed E-state index contributed by atoms with van der Waals surface area (Å²) in [6.07, 6.45) is 7.03. The number of anilines is 2. The molecular formula is C22H27ClN6O4. The molecule has 0 aromatic carbocycles. The Kier molecular flexibility index (Phi) is 7.56. The van der Waals surface area contributed by atoms with Crippen LogP contribution in [0.25, 0.3) is 11.3 Å². The highest BCUT2D eigenvalue weighted by Crippen LogP contribution is 2.29. The van der Waals surface area contributed by atoms with Gasteiger partial charge >= 0.3 is 6.09 Å². The van der Waals surface area contributed by atoms with Gasteiger partial charge in [-0.15, -0.1) is 0 Å². The van der Waals surface area contributed by atoms with Crippen molar-refractivity contribution in [3.63, 3.8) is 0 Å². The van der Waals surface area contributed by atoms with E-state index in [4.69, 9.17) is 16.3 Å². The van der Waals surface area contributed by atoms with E-state index in [0.717, 1.165) is 32.6 Å². The Balaban J connectivity index is 1.43. The van der Waals surface area contributed by atoms with Gasteiger partial charge in [0.2, 0.25) is 5.91 Å². The molecule has 4 heterocycles. The number of rotatable bonds is 6. The summed E-state index contributed by atoms with van der Waals surface area (Å²) in [5, 5.41) is 15.7. The quantitative estimate of drug-likeness (QED) is 0.581. The maximum absolute atomic E-state index is 12.7. The smallest absolute Gasteiger partial charge is 0.407 e. The molecule has 1 atom stereocenters. The molecule has 0 saturated carbocycles. The molecule has 0 radical (unpaired) electrons. The summed E-state index contributed by atoms with van der Waals surface area (Å²) >= 11 is 6.37. The van der Waals surface area contributed by atoms with E-state index in [0.29, 0.717) is 53.2 Å². The lowest BCUT2D eigenvalue weighted by atomic mass is 9.97. The molecule has 4 rings (SSSR count). The number of likely N-dealkylation sites (tertiary alicyclic amines) is 1. The molecule has 2 fully saturated rings. The summed E-state index contributed by atoms with van der Waals surface area (Å²) in [5.74, 6) is 0.822. The van der Waals surface area contributed by atoms with Crippen molar-refractivity contribution < 1.29 is 19.4 Å². The Labute approximate surface area is 196 Å². The van der Waals surface area contributed by atoms with E-state index in [1.165, 1.54) is 11.1 Å². The Morgan fingerprint density at radius 2 is 2.00 bits per heavy atom. The highest BCUT2D eigenvalue weighted by Gasteiger charge is 2.28. The summed E-state index contributed by atoms with van der Waals surface area (Å²) in [6, 6.07) is 1.66. The Bertz CT molecular complexity index is 1000.